The molecular weight excluding hydrogens is 741 g/mol. The Morgan fingerprint density at radius 3 is 2.78 bits per heavy atom. The number of alkyl halides is 1. The van der Waals surface area contributed by atoms with Crippen molar-refractivity contribution >= 4 is 60.8 Å². The second-order valence-electron chi connectivity index (χ2n) is 15.3. The number of carbonyl (C=O) groups excluding carboxylic acids is 1. The van der Waals surface area contributed by atoms with Crippen molar-refractivity contribution in [3.63, 3.8) is 0 Å². The number of benzene rings is 2. The number of nitriles is 1. The minimum atomic E-state index is -0.965. The highest BCUT2D eigenvalue weighted by Crippen LogP contribution is 2.48. The molecule has 5 aliphatic rings. The molecular formula is C37H34ClF3N10O2S. The summed E-state index contributed by atoms with van der Waals surface area (Å²) in [6.07, 6.45) is 5.99. The average Bonchev–Trinajstić information content (AvgIpc) is 3.53. The molecule has 5 fully saturated rings. The number of nitrogen functional groups attached to an aromatic ring is 1. The number of ether oxygens (including phenoxy) is 1. The van der Waals surface area contributed by atoms with E-state index in [9.17, 15) is 18.8 Å². The summed E-state index contributed by atoms with van der Waals surface area (Å²) in [4.78, 5) is 33.4. The van der Waals surface area contributed by atoms with Gasteiger partial charge in [-0.1, -0.05) is 17.7 Å². The van der Waals surface area contributed by atoms with Gasteiger partial charge in [-0.3, -0.25) is 4.90 Å². The molecule has 2 N–H and O–H groups in total. The SMILES string of the molecule is N#Cc1c(N)sc2c(F)ccc(-c3c(Cl)cc4c(N5CCC6(CCN6C(=O)n6cnc(C7CC7)n6)C5)nc(OC[C@@]56CCCN5C[C@H](F)C6)nc4c3F)c12. The van der Waals surface area contributed by atoms with Crippen molar-refractivity contribution in [1.82, 2.24) is 34.5 Å². The molecule has 1 saturated carbocycles. The lowest BCUT2D eigenvalue weighted by molar-refractivity contribution is 0.0399. The Morgan fingerprint density at radius 1 is 1.17 bits per heavy atom. The Kier molecular flexibility index (Phi) is 7.60. The van der Waals surface area contributed by atoms with E-state index in [4.69, 9.17) is 27.1 Å². The number of hydrogen-bond acceptors (Lipinski definition) is 11. The van der Waals surface area contributed by atoms with E-state index in [-0.39, 0.29) is 61.0 Å². The molecule has 278 valence electrons. The second kappa shape index (κ2) is 12.1. The summed E-state index contributed by atoms with van der Waals surface area (Å²) in [6.45, 7) is 2.72. The highest BCUT2D eigenvalue weighted by Gasteiger charge is 2.53. The van der Waals surface area contributed by atoms with Crippen LogP contribution in [0.25, 0.3) is 32.1 Å². The van der Waals surface area contributed by atoms with Crippen LogP contribution in [0.15, 0.2) is 24.5 Å². The molecule has 1 unspecified atom stereocenters. The fourth-order valence-corrected chi connectivity index (χ4v) is 10.4. The van der Waals surface area contributed by atoms with E-state index in [0.29, 0.717) is 62.0 Å². The van der Waals surface area contributed by atoms with Gasteiger partial charge < -0.3 is 20.3 Å². The Morgan fingerprint density at radius 2 is 2.00 bits per heavy atom. The van der Waals surface area contributed by atoms with Gasteiger partial charge in [-0.05, 0) is 62.8 Å². The average molecular weight is 775 g/mol. The van der Waals surface area contributed by atoms with Crippen LogP contribution in [0.5, 0.6) is 6.01 Å². The molecule has 54 heavy (non-hydrogen) atoms. The standard InChI is InChI=1S/C37H34ClF3N10O2S/c38-24-12-22-29(28(41)27(24)21-4-5-25(40)30-26(21)23(14-42)31(43)54-30)45-34(53-17-37-6-1-9-49(37)15-20(39)13-37)46-33(22)48-10-7-36(16-48)8-11-50(36)35(52)51-18-44-32(47-51)19-2-3-19/h4-5,12,18-20H,1-3,6-11,13,15-17,43H2/t20-,36?,37+/m1/s1. The van der Waals surface area contributed by atoms with E-state index in [1.165, 1.54) is 23.1 Å². The highest BCUT2D eigenvalue weighted by atomic mass is 35.5. The Hall–Kier alpha value is -4.72. The number of amides is 1. The lowest BCUT2D eigenvalue weighted by Crippen LogP contribution is -2.64. The van der Waals surface area contributed by atoms with Crippen molar-refractivity contribution in [3.05, 3.63) is 52.6 Å². The van der Waals surface area contributed by atoms with Gasteiger partial charge in [0.2, 0.25) is 0 Å². The van der Waals surface area contributed by atoms with Gasteiger partial charge in [0.1, 0.15) is 47.3 Å². The monoisotopic (exact) mass is 774 g/mol. The normalized spacial score (nSPS) is 25.2. The lowest BCUT2D eigenvalue weighted by Gasteiger charge is -2.50. The number of fused-ring (bicyclic) bond motifs is 3. The van der Waals surface area contributed by atoms with Gasteiger partial charge >= 0.3 is 12.0 Å². The minimum Gasteiger partial charge on any atom is -0.461 e. The number of nitrogens with two attached hydrogens (primary N) is 1. The van der Waals surface area contributed by atoms with Crippen LogP contribution < -0.4 is 15.4 Å². The van der Waals surface area contributed by atoms with Crippen LogP contribution in [0.3, 0.4) is 0 Å². The van der Waals surface area contributed by atoms with Gasteiger partial charge in [-0.15, -0.1) is 16.4 Å². The van der Waals surface area contributed by atoms with Gasteiger partial charge in [0.25, 0.3) is 0 Å². The zero-order chi connectivity index (χ0) is 37.1. The maximum atomic E-state index is 17.2. The second-order valence-corrected chi connectivity index (χ2v) is 16.8. The van der Waals surface area contributed by atoms with Crippen molar-refractivity contribution < 1.29 is 22.7 Å². The number of likely N-dealkylation sites (tertiary alicyclic amines) is 1. The topological polar surface area (TPSA) is 142 Å². The Labute approximate surface area is 316 Å². The number of rotatable bonds is 6. The number of thiophene rings is 1. The maximum absolute atomic E-state index is 17.2. The van der Waals surface area contributed by atoms with E-state index in [2.05, 4.69) is 20.0 Å². The largest absolute Gasteiger partial charge is 0.461 e. The quantitative estimate of drug-likeness (QED) is 0.200. The number of aromatic nitrogens is 5. The summed E-state index contributed by atoms with van der Waals surface area (Å²) in [6, 6.07) is 5.88. The van der Waals surface area contributed by atoms with Gasteiger partial charge in [0.05, 0.1) is 26.4 Å². The lowest BCUT2D eigenvalue weighted by atomic mass is 9.84. The van der Waals surface area contributed by atoms with Crippen molar-refractivity contribution in [3.8, 4) is 23.2 Å². The first-order valence-corrected chi connectivity index (χ1v) is 19.4. The summed E-state index contributed by atoms with van der Waals surface area (Å²) in [5, 5.41) is 15.0. The number of anilines is 2. The zero-order valence-electron chi connectivity index (χ0n) is 29.0. The predicted molar refractivity (Wildman–Crippen MR) is 197 cm³/mol. The summed E-state index contributed by atoms with van der Waals surface area (Å²) in [7, 11) is 0. The third-order valence-corrected chi connectivity index (χ3v) is 13.5. The molecule has 4 aliphatic heterocycles. The van der Waals surface area contributed by atoms with Gasteiger partial charge in [-0.25, -0.2) is 22.9 Å². The third kappa shape index (κ3) is 5.07. The maximum Gasteiger partial charge on any atom is 0.346 e. The highest BCUT2D eigenvalue weighted by molar-refractivity contribution is 7.23. The first-order chi connectivity index (χ1) is 26.1. The predicted octanol–water partition coefficient (Wildman–Crippen LogP) is 6.64. The first kappa shape index (κ1) is 33.8. The van der Waals surface area contributed by atoms with E-state index in [1.807, 2.05) is 15.9 Å². The summed E-state index contributed by atoms with van der Waals surface area (Å²) >= 11 is 7.83. The summed E-state index contributed by atoms with van der Waals surface area (Å²) in [5.41, 5.74) is 5.18. The Bertz CT molecular complexity index is 2450. The van der Waals surface area contributed by atoms with Gasteiger partial charge in [0.15, 0.2) is 11.6 Å². The smallest absolute Gasteiger partial charge is 0.346 e. The van der Waals surface area contributed by atoms with E-state index in [0.717, 1.165) is 50.0 Å². The van der Waals surface area contributed by atoms with Crippen molar-refractivity contribution in [2.75, 3.05) is 50.0 Å². The van der Waals surface area contributed by atoms with Gasteiger partial charge in [0, 0.05) is 54.9 Å². The van der Waals surface area contributed by atoms with Crippen molar-refractivity contribution in [2.45, 2.75) is 68.1 Å². The molecule has 4 saturated heterocycles. The number of halogens is 4. The number of nitrogens with zero attached hydrogens (tertiary/aromatic N) is 9. The summed E-state index contributed by atoms with van der Waals surface area (Å²) < 4.78 is 54.6. The zero-order valence-corrected chi connectivity index (χ0v) is 30.6. The van der Waals surface area contributed by atoms with Crippen LogP contribution in [0.1, 0.15) is 62.3 Å². The summed E-state index contributed by atoms with van der Waals surface area (Å²) in [5.74, 6) is -0.00354. The van der Waals surface area contributed by atoms with Crippen LogP contribution in [0.4, 0.5) is 28.8 Å². The minimum absolute atomic E-state index is 0.00697. The Balaban J connectivity index is 1.06. The van der Waals surface area contributed by atoms with E-state index >= 15 is 4.39 Å². The fourth-order valence-electron chi connectivity index (χ4n) is 9.19. The number of carbonyl (C=O) groups is 1. The van der Waals surface area contributed by atoms with Crippen LogP contribution in [0.2, 0.25) is 5.02 Å². The molecule has 1 amide bonds. The molecule has 0 bridgehead atoms. The molecule has 2 aromatic carbocycles. The van der Waals surface area contributed by atoms with Crippen LogP contribution in [-0.2, 0) is 0 Å². The van der Waals surface area contributed by atoms with E-state index < -0.39 is 28.9 Å². The molecule has 0 radical (unpaired) electrons. The number of hydrogen-bond donors (Lipinski definition) is 1. The molecule has 7 heterocycles. The molecule has 5 aromatic rings. The van der Waals surface area contributed by atoms with Crippen LogP contribution in [-0.4, -0.2) is 97.1 Å². The fraction of sp³-hybridized carbons (Fsp3) is 0.459. The molecule has 1 aliphatic carbocycles. The molecule has 3 atom stereocenters. The molecule has 1 spiro atoms. The van der Waals surface area contributed by atoms with Crippen LogP contribution in [0, 0.1) is 23.0 Å². The molecule has 10 rings (SSSR count). The van der Waals surface area contributed by atoms with Crippen LogP contribution >= 0.6 is 22.9 Å². The van der Waals surface area contributed by atoms with Gasteiger partial charge in [-0.2, -0.15) is 19.9 Å². The molecule has 17 heteroatoms. The molecule has 3 aromatic heterocycles. The first-order valence-electron chi connectivity index (χ1n) is 18.2. The van der Waals surface area contributed by atoms with E-state index in [1.54, 1.807) is 6.07 Å². The van der Waals surface area contributed by atoms with Crippen molar-refractivity contribution in [1.29, 1.82) is 5.26 Å². The van der Waals surface area contributed by atoms with Crippen molar-refractivity contribution in [2.24, 2.45) is 0 Å². The molecule has 12 nitrogen and oxygen atoms in total. The third-order valence-electron chi connectivity index (χ3n) is 12.2.